The number of phenols is 1. The Kier molecular flexibility index (Phi) is 2.57. The minimum Gasteiger partial charge on any atom is -0.508 e. The summed E-state index contributed by atoms with van der Waals surface area (Å²) in [6.07, 6.45) is 0. The van der Waals surface area contributed by atoms with Crippen molar-refractivity contribution in [2.75, 3.05) is 0 Å². The molecular formula is C10H6FNO3S. The summed E-state index contributed by atoms with van der Waals surface area (Å²) in [5.74, 6) is -1.81. The van der Waals surface area contributed by atoms with Crippen LogP contribution in [0.4, 0.5) is 4.39 Å². The average molecular weight is 239 g/mol. The zero-order valence-electron chi connectivity index (χ0n) is 7.85. The van der Waals surface area contributed by atoms with E-state index in [1.54, 1.807) is 0 Å². The van der Waals surface area contributed by atoms with Crippen molar-refractivity contribution in [2.24, 2.45) is 0 Å². The zero-order chi connectivity index (χ0) is 11.7. The number of carbonyl (C=O) groups is 1. The van der Waals surface area contributed by atoms with Gasteiger partial charge >= 0.3 is 5.97 Å². The first-order valence-electron chi connectivity index (χ1n) is 4.25. The maximum absolute atomic E-state index is 13.4. The number of hydrogen-bond acceptors (Lipinski definition) is 4. The smallest absolute Gasteiger partial charge is 0.355 e. The molecule has 0 fully saturated rings. The molecule has 0 unspecified atom stereocenters. The molecule has 2 aromatic rings. The molecule has 0 aliphatic heterocycles. The van der Waals surface area contributed by atoms with E-state index in [1.165, 1.54) is 17.5 Å². The maximum atomic E-state index is 13.4. The minimum absolute atomic E-state index is 0.0940. The number of nitrogens with zero attached hydrogens (tertiary/aromatic N) is 1. The molecule has 1 heterocycles. The van der Waals surface area contributed by atoms with Gasteiger partial charge in [0.15, 0.2) is 5.69 Å². The largest absolute Gasteiger partial charge is 0.508 e. The molecule has 0 saturated carbocycles. The molecule has 0 aliphatic rings. The van der Waals surface area contributed by atoms with Crippen molar-refractivity contribution in [3.63, 3.8) is 0 Å². The standard InChI is InChI=1S/C10H6FNO3S/c11-7-2-1-5(13)3-6(7)9-12-8(4-16-9)10(14)15/h1-4,13H,(H,14,15). The van der Waals surface area contributed by atoms with Crippen LogP contribution in [0.2, 0.25) is 0 Å². The fraction of sp³-hybridized carbons (Fsp3) is 0. The van der Waals surface area contributed by atoms with Crippen LogP contribution in [0, 0.1) is 5.82 Å². The van der Waals surface area contributed by atoms with E-state index < -0.39 is 11.8 Å². The van der Waals surface area contributed by atoms with Crippen LogP contribution in [0.25, 0.3) is 10.6 Å². The Morgan fingerprint density at radius 3 is 2.81 bits per heavy atom. The molecule has 16 heavy (non-hydrogen) atoms. The number of halogens is 1. The topological polar surface area (TPSA) is 70.4 Å². The summed E-state index contributed by atoms with van der Waals surface area (Å²) in [6.45, 7) is 0. The quantitative estimate of drug-likeness (QED) is 0.843. The number of benzene rings is 1. The summed E-state index contributed by atoms with van der Waals surface area (Å²) >= 11 is 1.01. The number of carboxylic acid groups (broad SMARTS) is 1. The Hall–Kier alpha value is -1.95. The highest BCUT2D eigenvalue weighted by Crippen LogP contribution is 2.29. The summed E-state index contributed by atoms with van der Waals surface area (Å²) in [5.41, 5.74) is -0.0414. The number of phenolic OH excluding ortho intramolecular Hbond substituents is 1. The molecule has 0 radical (unpaired) electrons. The lowest BCUT2D eigenvalue weighted by Crippen LogP contribution is -1.95. The normalized spacial score (nSPS) is 10.3. The second-order valence-electron chi connectivity index (χ2n) is 3.01. The lowest BCUT2D eigenvalue weighted by atomic mass is 10.2. The summed E-state index contributed by atoms with van der Waals surface area (Å²) in [4.78, 5) is 14.3. The average Bonchev–Trinajstić information content (AvgIpc) is 2.70. The van der Waals surface area contributed by atoms with E-state index in [9.17, 15) is 14.3 Å². The minimum atomic E-state index is -1.16. The molecule has 6 heteroatoms. The van der Waals surface area contributed by atoms with Crippen molar-refractivity contribution in [3.8, 4) is 16.3 Å². The Bertz CT molecular complexity index is 553. The van der Waals surface area contributed by atoms with Crippen LogP contribution in [-0.2, 0) is 0 Å². The lowest BCUT2D eigenvalue weighted by Gasteiger charge is -1.99. The van der Waals surface area contributed by atoms with Crippen LogP contribution in [0.15, 0.2) is 23.6 Å². The highest BCUT2D eigenvalue weighted by atomic mass is 32.1. The fourth-order valence-electron chi connectivity index (χ4n) is 1.17. The van der Waals surface area contributed by atoms with Crippen LogP contribution in [0.1, 0.15) is 10.5 Å². The van der Waals surface area contributed by atoms with Crippen molar-refractivity contribution in [2.45, 2.75) is 0 Å². The number of aromatic nitrogens is 1. The highest BCUT2D eigenvalue weighted by molar-refractivity contribution is 7.13. The molecule has 1 aromatic carbocycles. The van der Waals surface area contributed by atoms with Gasteiger partial charge in [0.2, 0.25) is 0 Å². The molecule has 0 spiro atoms. The molecule has 4 nitrogen and oxygen atoms in total. The number of carboxylic acids is 1. The third kappa shape index (κ3) is 1.87. The van der Waals surface area contributed by atoms with Gasteiger partial charge in [0.25, 0.3) is 0 Å². The van der Waals surface area contributed by atoms with E-state index >= 15 is 0 Å². The number of thiazole rings is 1. The number of hydrogen-bond donors (Lipinski definition) is 2. The zero-order valence-corrected chi connectivity index (χ0v) is 8.66. The van der Waals surface area contributed by atoms with Gasteiger partial charge in [-0.25, -0.2) is 14.2 Å². The summed E-state index contributed by atoms with van der Waals surface area (Å²) in [7, 11) is 0. The molecule has 0 bridgehead atoms. The van der Waals surface area contributed by atoms with Crippen LogP contribution in [0.5, 0.6) is 5.75 Å². The van der Waals surface area contributed by atoms with Gasteiger partial charge < -0.3 is 10.2 Å². The van der Waals surface area contributed by atoms with Gasteiger partial charge in [-0.2, -0.15) is 0 Å². The molecule has 2 rings (SSSR count). The molecule has 0 atom stereocenters. The Morgan fingerprint density at radius 2 is 2.19 bits per heavy atom. The first-order valence-corrected chi connectivity index (χ1v) is 5.13. The van der Waals surface area contributed by atoms with Gasteiger partial charge in [-0.05, 0) is 18.2 Å². The second kappa shape index (κ2) is 3.90. The van der Waals surface area contributed by atoms with Gasteiger partial charge in [-0.1, -0.05) is 0 Å². The van der Waals surface area contributed by atoms with E-state index in [-0.39, 0.29) is 22.0 Å². The number of aromatic carboxylic acids is 1. The molecule has 0 amide bonds. The highest BCUT2D eigenvalue weighted by Gasteiger charge is 2.13. The van der Waals surface area contributed by atoms with Gasteiger partial charge in [-0.15, -0.1) is 11.3 Å². The molecule has 82 valence electrons. The van der Waals surface area contributed by atoms with Crippen molar-refractivity contribution >= 4 is 17.3 Å². The summed E-state index contributed by atoms with van der Waals surface area (Å²) < 4.78 is 13.4. The van der Waals surface area contributed by atoms with Crippen molar-refractivity contribution in [1.82, 2.24) is 4.98 Å². The molecular weight excluding hydrogens is 233 g/mol. The molecule has 0 aliphatic carbocycles. The monoisotopic (exact) mass is 239 g/mol. The second-order valence-corrected chi connectivity index (χ2v) is 3.87. The fourth-order valence-corrected chi connectivity index (χ4v) is 1.98. The molecule has 1 aromatic heterocycles. The Morgan fingerprint density at radius 1 is 1.44 bits per heavy atom. The van der Waals surface area contributed by atoms with Crippen molar-refractivity contribution in [3.05, 3.63) is 35.1 Å². The van der Waals surface area contributed by atoms with Crippen molar-refractivity contribution < 1.29 is 19.4 Å². The van der Waals surface area contributed by atoms with E-state index in [2.05, 4.69) is 4.98 Å². The van der Waals surface area contributed by atoms with Gasteiger partial charge in [0, 0.05) is 10.9 Å². The van der Waals surface area contributed by atoms with Crippen LogP contribution in [0.3, 0.4) is 0 Å². The predicted octanol–water partition coefficient (Wildman–Crippen LogP) is 2.35. The van der Waals surface area contributed by atoms with Crippen LogP contribution in [-0.4, -0.2) is 21.2 Å². The predicted molar refractivity (Wildman–Crippen MR) is 56.1 cm³/mol. The van der Waals surface area contributed by atoms with Crippen LogP contribution < -0.4 is 0 Å². The first-order chi connectivity index (χ1) is 7.58. The Balaban J connectivity index is 2.50. The number of aromatic hydroxyl groups is 1. The molecule has 0 saturated heterocycles. The third-order valence-corrected chi connectivity index (χ3v) is 2.78. The summed E-state index contributed by atoms with van der Waals surface area (Å²) in [6, 6.07) is 3.52. The van der Waals surface area contributed by atoms with E-state index in [1.807, 2.05) is 0 Å². The molecule has 2 N–H and O–H groups in total. The van der Waals surface area contributed by atoms with Crippen LogP contribution >= 0.6 is 11.3 Å². The summed E-state index contributed by atoms with van der Waals surface area (Å²) in [5, 5.41) is 19.4. The Labute approximate surface area is 93.6 Å². The first kappa shape index (κ1) is 10.6. The maximum Gasteiger partial charge on any atom is 0.355 e. The number of rotatable bonds is 2. The van der Waals surface area contributed by atoms with E-state index in [0.717, 1.165) is 17.4 Å². The van der Waals surface area contributed by atoms with E-state index in [0.29, 0.717) is 0 Å². The SMILES string of the molecule is O=C(O)c1csc(-c2cc(O)ccc2F)n1. The van der Waals surface area contributed by atoms with Gasteiger partial charge in [-0.3, -0.25) is 0 Å². The van der Waals surface area contributed by atoms with Gasteiger partial charge in [0.1, 0.15) is 16.6 Å². The lowest BCUT2D eigenvalue weighted by molar-refractivity contribution is 0.0691. The van der Waals surface area contributed by atoms with Crippen molar-refractivity contribution in [1.29, 1.82) is 0 Å². The third-order valence-electron chi connectivity index (χ3n) is 1.90. The van der Waals surface area contributed by atoms with E-state index in [4.69, 9.17) is 5.11 Å². The van der Waals surface area contributed by atoms with Gasteiger partial charge in [0.05, 0.1) is 0 Å².